The first kappa shape index (κ1) is 15.3. The minimum atomic E-state index is 0.0451. The van der Waals surface area contributed by atoms with Crippen molar-refractivity contribution >= 4 is 17.3 Å². The third kappa shape index (κ3) is 3.34. The van der Waals surface area contributed by atoms with Gasteiger partial charge in [-0.15, -0.1) is 0 Å². The van der Waals surface area contributed by atoms with Crippen molar-refractivity contribution in [3.8, 4) is 6.07 Å². The van der Waals surface area contributed by atoms with Gasteiger partial charge in [0.05, 0.1) is 17.3 Å². The van der Waals surface area contributed by atoms with Gasteiger partial charge in [-0.2, -0.15) is 5.26 Å². The number of nitrogens with one attached hydrogen (secondary N) is 1. The predicted molar refractivity (Wildman–Crippen MR) is 86.7 cm³/mol. The van der Waals surface area contributed by atoms with Crippen LogP contribution in [0.5, 0.6) is 0 Å². The lowest BCUT2D eigenvalue weighted by Crippen LogP contribution is -2.12. The van der Waals surface area contributed by atoms with Crippen molar-refractivity contribution in [3.05, 3.63) is 57.4 Å². The van der Waals surface area contributed by atoms with E-state index < -0.39 is 0 Å². The van der Waals surface area contributed by atoms with Gasteiger partial charge in [0.25, 0.3) is 0 Å². The van der Waals surface area contributed by atoms with Crippen LogP contribution >= 0.6 is 11.6 Å². The molecule has 0 bridgehead atoms. The van der Waals surface area contributed by atoms with Crippen LogP contribution in [-0.2, 0) is 0 Å². The van der Waals surface area contributed by atoms with Crippen molar-refractivity contribution in [2.45, 2.75) is 33.7 Å². The molecule has 1 aromatic carbocycles. The minimum absolute atomic E-state index is 0.0451. The molecule has 4 heteroatoms. The molecule has 0 aliphatic carbocycles. The number of halogens is 1. The number of aryl methyl sites for hydroxylation is 3. The number of nitriles is 1. The van der Waals surface area contributed by atoms with Gasteiger partial charge in [-0.1, -0.05) is 11.6 Å². The van der Waals surface area contributed by atoms with Crippen LogP contribution in [0.3, 0.4) is 0 Å². The number of rotatable bonds is 3. The number of benzene rings is 1. The Kier molecular flexibility index (Phi) is 4.50. The monoisotopic (exact) mass is 299 g/mol. The molecule has 108 valence electrons. The highest BCUT2D eigenvalue weighted by Gasteiger charge is 2.14. The summed E-state index contributed by atoms with van der Waals surface area (Å²) in [5, 5.41) is 13.2. The summed E-state index contributed by atoms with van der Waals surface area (Å²) >= 11 is 6.02. The van der Waals surface area contributed by atoms with E-state index in [1.54, 1.807) is 18.2 Å². The van der Waals surface area contributed by atoms with Gasteiger partial charge >= 0.3 is 0 Å². The highest BCUT2D eigenvalue weighted by Crippen LogP contribution is 2.28. The van der Waals surface area contributed by atoms with E-state index in [0.717, 1.165) is 22.6 Å². The van der Waals surface area contributed by atoms with Crippen molar-refractivity contribution < 1.29 is 0 Å². The number of hydrogen-bond donors (Lipinski definition) is 1. The number of hydrogen-bond acceptors (Lipinski definition) is 3. The molecule has 0 radical (unpaired) electrons. The Hall–Kier alpha value is -2.05. The number of aromatic nitrogens is 1. The number of nitrogens with zero attached hydrogens (tertiary/aromatic N) is 2. The fourth-order valence-electron chi connectivity index (χ4n) is 2.73. The molecule has 0 amide bonds. The molecule has 1 atom stereocenters. The van der Waals surface area contributed by atoms with Crippen LogP contribution in [0.4, 0.5) is 5.69 Å². The average molecular weight is 300 g/mol. The molecule has 3 nitrogen and oxygen atoms in total. The summed E-state index contributed by atoms with van der Waals surface area (Å²) in [7, 11) is 0. The van der Waals surface area contributed by atoms with E-state index in [1.807, 2.05) is 13.8 Å². The van der Waals surface area contributed by atoms with Crippen LogP contribution in [-0.4, -0.2) is 4.98 Å². The van der Waals surface area contributed by atoms with Gasteiger partial charge in [-0.3, -0.25) is 4.98 Å². The second-order valence-corrected chi connectivity index (χ2v) is 5.68. The van der Waals surface area contributed by atoms with E-state index in [1.165, 1.54) is 5.56 Å². The van der Waals surface area contributed by atoms with Crippen LogP contribution in [0, 0.1) is 32.1 Å². The molecule has 0 saturated heterocycles. The van der Waals surface area contributed by atoms with Gasteiger partial charge < -0.3 is 5.32 Å². The molecule has 0 aliphatic rings. The summed E-state index contributed by atoms with van der Waals surface area (Å²) in [5.41, 5.74) is 5.71. The molecule has 1 N–H and O–H groups in total. The van der Waals surface area contributed by atoms with Crippen molar-refractivity contribution in [2.75, 3.05) is 5.32 Å². The maximum Gasteiger partial charge on any atom is 0.101 e. The third-order valence-electron chi connectivity index (χ3n) is 3.49. The van der Waals surface area contributed by atoms with E-state index >= 15 is 0 Å². The van der Waals surface area contributed by atoms with Gasteiger partial charge in [-0.05, 0) is 63.1 Å². The second kappa shape index (κ2) is 6.15. The quantitative estimate of drug-likeness (QED) is 0.893. The Morgan fingerprint density at radius 3 is 2.57 bits per heavy atom. The van der Waals surface area contributed by atoms with E-state index in [9.17, 15) is 5.26 Å². The zero-order valence-corrected chi connectivity index (χ0v) is 13.4. The fourth-order valence-corrected chi connectivity index (χ4v) is 2.90. The largest absolute Gasteiger partial charge is 0.377 e. The summed E-state index contributed by atoms with van der Waals surface area (Å²) in [5.74, 6) is 0. The molecule has 2 aromatic rings. The first-order valence-corrected chi connectivity index (χ1v) is 7.21. The lowest BCUT2D eigenvalue weighted by atomic mass is 10.00. The zero-order valence-electron chi connectivity index (χ0n) is 12.7. The van der Waals surface area contributed by atoms with Gasteiger partial charge in [0.2, 0.25) is 0 Å². The van der Waals surface area contributed by atoms with E-state index in [0.29, 0.717) is 10.6 Å². The Labute approximate surface area is 130 Å². The summed E-state index contributed by atoms with van der Waals surface area (Å²) in [6, 6.07) is 9.53. The molecule has 0 aliphatic heterocycles. The molecule has 1 aromatic heterocycles. The van der Waals surface area contributed by atoms with Crippen molar-refractivity contribution in [1.82, 2.24) is 4.98 Å². The number of pyridine rings is 1. The molecule has 0 fully saturated rings. The lowest BCUT2D eigenvalue weighted by molar-refractivity contribution is 0.842. The maximum atomic E-state index is 9.19. The van der Waals surface area contributed by atoms with Gasteiger partial charge in [0, 0.05) is 16.4 Å². The smallest absolute Gasteiger partial charge is 0.101 e. The third-order valence-corrected chi connectivity index (χ3v) is 3.73. The molecule has 1 heterocycles. The normalized spacial score (nSPS) is 11.8. The molecule has 2 rings (SSSR count). The van der Waals surface area contributed by atoms with Gasteiger partial charge in [-0.25, -0.2) is 0 Å². The van der Waals surface area contributed by atoms with Gasteiger partial charge in [0.1, 0.15) is 6.07 Å². The molecule has 0 saturated carbocycles. The lowest BCUT2D eigenvalue weighted by Gasteiger charge is -2.21. The first-order valence-electron chi connectivity index (χ1n) is 6.83. The highest BCUT2D eigenvalue weighted by molar-refractivity contribution is 6.30. The topological polar surface area (TPSA) is 48.7 Å². The molecular formula is C17H18ClN3. The molecular weight excluding hydrogens is 282 g/mol. The summed E-state index contributed by atoms with van der Waals surface area (Å²) in [6.07, 6.45) is 0. The molecule has 0 spiro atoms. The van der Waals surface area contributed by atoms with Crippen LogP contribution in [0.1, 0.15) is 41.0 Å². The summed E-state index contributed by atoms with van der Waals surface area (Å²) in [4.78, 5) is 4.53. The fraction of sp³-hybridized carbons (Fsp3) is 0.294. The average Bonchev–Trinajstić information content (AvgIpc) is 2.37. The predicted octanol–water partition coefficient (Wildman–Crippen LogP) is 4.71. The molecule has 1 unspecified atom stereocenters. The van der Waals surface area contributed by atoms with Crippen molar-refractivity contribution in [2.24, 2.45) is 0 Å². The summed E-state index contributed by atoms with van der Waals surface area (Å²) < 4.78 is 0. The van der Waals surface area contributed by atoms with Crippen LogP contribution in [0.25, 0.3) is 0 Å². The van der Waals surface area contributed by atoms with E-state index in [2.05, 4.69) is 36.3 Å². The minimum Gasteiger partial charge on any atom is -0.377 e. The Morgan fingerprint density at radius 1 is 1.24 bits per heavy atom. The van der Waals surface area contributed by atoms with Crippen LogP contribution in [0.15, 0.2) is 24.3 Å². The highest BCUT2D eigenvalue weighted by atomic mass is 35.5. The van der Waals surface area contributed by atoms with Crippen molar-refractivity contribution in [1.29, 1.82) is 5.26 Å². The Balaban J connectivity index is 2.37. The Bertz CT molecular complexity index is 693. The summed E-state index contributed by atoms with van der Waals surface area (Å²) in [6.45, 7) is 8.15. The standard InChI is InChI=1S/C17H18ClN3/c1-10-7-11(2)20-12(3)17(10)13(4)21-16-8-15(18)6-5-14(16)9-19/h5-8,13,21H,1-4H3. The Morgan fingerprint density at radius 2 is 1.95 bits per heavy atom. The van der Waals surface area contributed by atoms with Crippen LogP contribution in [0.2, 0.25) is 5.02 Å². The number of anilines is 1. The zero-order chi connectivity index (χ0) is 15.6. The van der Waals surface area contributed by atoms with E-state index in [4.69, 9.17) is 11.6 Å². The SMILES string of the molecule is Cc1cc(C)c(C(C)Nc2cc(Cl)ccc2C#N)c(C)n1. The maximum absolute atomic E-state index is 9.19. The first-order chi connectivity index (χ1) is 9.92. The van der Waals surface area contributed by atoms with E-state index in [-0.39, 0.29) is 6.04 Å². The second-order valence-electron chi connectivity index (χ2n) is 5.25. The van der Waals surface area contributed by atoms with Gasteiger partial charge in [0.15, 0.2) is 0 Å². The van der Waals surface area contributed by atoms with Crippen molar-refractivity contribution in [3.63, 3.8) is 0 Å². The molecule has 21 heavy (non-hydrogen) atoms. The van der Waals surface area contributed by atoms with Crippen LogP contribution < -0.4 is 5.32 Å².